The molecule has 0 aliphatic carbocycles. The van der Waals surface area contributed by atoms with E-state index in [1.165, 1.54) is 4.90 Å². The second kappa shape index (κ2) is 7.28. The van der Waals surface area contributed by atoms with Gasteiger partial charge in [0.15, 0.2) is 0 Å². The predicted molar refractivity (Wildman–Crippen MR) is 89.4 cm³/mol. The van der Waals surface area contributed by atoms with Crippen LogP contribution >= 0.6 is 0 Å². The Kier molecular flexibility index (Phi) is 5.39. The number of hydrogen-bond acceptors (Lipinski definition) is 4. The molecule has 1 unspecified atom stereocenters. The summed E-state index contributed by atoms with van der Waals surface area (Å²) in [4.78, 5) is 17.7. The number of urea groups is 1. The molecule has 0 bridgehead atoms. The molecule has 0 fully saturated rings. The van der Waals surface area contributed by atoms with Gasteiger partial charge in [0, 0.05) is 24.2 Å². The Bertz CT molecular complexity index is 649. The van der Waals surface area contributed by atoms with Crippen LogP contribution in [0.4, 0.5) is 10.5 Å². The third-order valence-electron chi connectivity index (χ3n) is 3.72. The molecule has 0 saturated carbocycles. The summed E-state index contributed by atoms with van der Waals surface area (Å²) >= 11 is 0. The molecule has 6 heteroatoms. The molecule has 23 heavy (non-hydrogen) atoms. The number of amides is 2. The number of nitrogens with zero attached hydrogens (tertiary/aromatic N) is 2. The number of oxazole rings is 1. The molecule has 0 aliphatic rings. The van der Waals surface area contributed by atoms with Gasteiger partial charge in [0.05, 0.1) is 18.8 Å². The summed E-state index contributed by atoms with van der Waals surface area (Å²) < 4.78 is 5.70. The maximum atomic E-state index is 12.0. The van der Waals surface area contributed by atoms with Crippen molar-refractivity contribution in [3.8, 4) is 11.5 Å². The van der Waals surface area contributed by atoms with Crippen molar-refractivity contribution >= 4 is 11.7 Å². The molecule has 124 valence electrons. The average molecular weight is 317 g/mol. The standard InChI is InChI=1S/C17H23N3O3/c1-11(2)15-9-18-16(23-15)13-5-7-14(8-6-13)19-17(22)20(4)12(3)10-21/h5-9,11-12,21H,10H2,1-4H3,(H,19,22). The van der Waals surface area contributed by atoms with E-state index in [0.717, 1.165) is 11.3 Å². The first-order valence-corrected chi connectivity index (χ1v) is 7.63. The summed E-state index contributed by atoms with van der Waals surface area (Å²) in [5.41, 5.74) is 1.53. The molecule has 0 spiro atoms. The van der Waals surface area contributed by atoms with Crippen LogP contribution in [0.2, 0.25) is 0 Å². The van der Waals surface area contributed by atoms with Gasteiger partial charge in [0.2, 0.25) is 5.89 Å². The highest BCUT2D eigenvalue weighted by molar-refractivity contribution is 5.89. The van der Waals surface area contributed by atoms with E-state index < -0.39 is 0 Å². The summed E-state index contributed by atoms with van der Waals surface area (Å²) in [5.74, 6) is 1.70. The third-order valence-corrected chi connectivity index (χ3v) is 3.72. The van der Waals surface area contributed by atoms with Crippen LogP contribution in [-0.4, -0.2) is 40.7 Å². The quantitative estimate of drug-likeness (QED) is 0.887. The molecule has 1 aromatic heterocycles. The summed E-state index contributed by atoms with van der Waals surface area (Å²) in [5, 5.41) is 11.9. The zero-order valence-electron chi connectivity index (χ0n) is 13.9. The molecule has 2 rings (SSSR count). The summed E-state index contributed by atoms with van der Waals surface area (Å²) in [6.45, 7) is 5.79. The molecule has 2 amide bonds. The van der Waals surface area contributed by atoms with E-state index in [1.54, 1.807) is 32.3 Å². The van der Waals surface area contributed by atoms with Gasteiger partial charge < -0.3 is 19.7 Å². The highest BCUT2D eigenvalue weighted by Gasteiger charge is 2.15. The number of carbonyl (C=O) groups excluding carboxylic acids is 1. The maximum absolute atomic E-state index is 12.0. The van der Waals surface area contributed by atoms with E-state index in [0.29, 0.717) is 17.5 Å². The molecule has 1 aromatic carbocycles. The summed E-state index contributed by atoms with van der Waals surface area (Å²) in [6.07, 6.45) is 1.74. The van der Waals surface area contributed by atoms with Crippen LogP contribution in [-0.2, 0) is 0 Å². The molecule has 0 aliphatic heterocycles. The van der Waals surface area contributed by atoms with Crippen LogP contribution in [0.1, 0.15) is 32.4 Å². The van der Waals surface area contributed by atoms with Crippen molar-refractivity contribution in [1.29, 1.82) is 0 Å². The minimum absolute atomic E-state index is 0.0782. The molecular formula is C17H23N3O3. The Balaban J connectivity index is 2.05. The van der Waals surface area contributed by atoms with Crippen molar-refractivity contribution in [2.75, 3.05) is 19.0 Å². The fourth-order valence-corrected chi connectivity index (χ4v) is 1.92. The number of likely N-dealkylation sites (N-methyl/N-ethyl adjacent to an activating group) is 1. The highest BCUT2D eigenvalue weighted by Crippen LogP contribution is 2.24. The van der Waals surface area contributed by atoms with E-state index in [4.69, 9.17) is 9.52 Å². The number of carbonyl (C=O) groups is 1. The number of aliphatic hydroxyl groups is 1. The van der Waals surface area contributed by atoms with Crippen LogP contribution in [0.3, 0.4) is 0 Å². The van der Waals surface area contributed by atoms with E-state index in [9.17, 15) is 4.79 Å². The van der Waals surface area contributed by atoms with Crippen molar-refractivity contribution in [3.05, 3.63) is 36.2 Å². The molecule has 1 heterocycles. The predicted octanol–water partition coefficient (Wildman–Crippen LogP) is 3.31. The van der Waals surface area contributed by atoms with Gasteiger partial charge in [-0.05, 0) is 31.2 Å². The van der Waals surface area contributed by atoms with E-state index in [1.807, 2.05) is 26.0 Å². The van der Waals surface area contributed by atoms with Gasteiger partial charge in [-0.3, -0.25) is 0 Å². The van der Waals surface area contributed by atoms with Crippen LogP contribution in [0.25, 0.3) is 11.5 Å². The van der Waals surface area contributed by atoms with Crippen molar-refractivity contribution in [1.82, 2.24) is 9.88 Å². The number of benzene rings is 1. The van der Waals surface area contributed by atoms with Crippen molar-refractivity contribution in [3.63, 3.8) is 0 Å². The first kappa shape index (κ1) is 17.0. The fraction of sp³-hybridized carbons (Fsp3) is 0.412. The Morgan fingerprint density at radius 2 is 1.96 bits per heavy atom. The van der Waals surface area contributed by atoms with Gasteiger partial charge in [0.25, 0.3) is 0 Å². The Morgan fingerprint density at radius 3 is 2.48 bits per heavy atom. The second-order valence-electron chi connectivity index (χ2n) is 5.87. The van der Waals surface area contributed by atoms with Crippen molar-refractivity contribution < 1.29 is 14.3 Å². The van der Waals surface area contributed by atoms with E-state index in [2.05, 4.69) is 10.3 Å². The number of nitrogens with one attached hydrogen (secondary N) is 1. The van der Waals surface area contributed by atoms with Crippen molar-refractivity contribution in [2.24, 2.45) is 0 Å². The molecule has 6 nitrogen and oxygen atoms in total. The van der Waals surface area contributed by atoms with Crippen LogP contribution in [0.15, 0.2) is 34.9 Å². The lowest BCUT2D eigenvalue weighted by Crippen LogP contribution is -2.40. The normalized spacial score (nSPS) is 12.3. The minimum atomic E-state index is -0.266. The lowest BCUT2D eigenvalue weighted by atomic mass is 10.2. The Morgan fingerprint density at radius 1 is 1.30 bits per heavy atom. The van der Waals surface area contributed by atoms with Gasteiger partial charge in [0.1, 0.15) is 5.76 Å². The fourth-order valence-electron chi connectivity index (χ4n) is 1.92. The lowest BCUT2D eigenvalue weighted by Gasteiger charge is -2.23. The van der Waals surface area contributed by atoms with E-state index >= 15 is 0 Å². The molecule has 0 saturated heterocycles. The smallest absolute Gasteiger partial charge is 0.321 e. The molecule has 0 radical (unpaired) electrons. The molecule has 2 aromatic rings. The van der Waals surface area contributed by atoms with E-state index in [-0.39, 0.29) is 18.7 Å². The monoisotopic (exact) mass is 317 g/mol. The number of aromatic nitrogens is 1. The topological polar surface area (TPSA) is 78.6 Å². The Hall–Kier alpha value is -2.34. The number of rotatable bonds is 5. The SMILES string of the molecule is CC(C)c1cnc(-c2ccc(NC(=O)N(C)C(C)CO)cc2)o1. The molecule has 1 atom stereocenters. The zero-order valence-corrected chi connectivity index (χ0v) is 13.9. The minimum Gasteiger partial charge on any atom is -0.441 e. The van der Waals surface area contributed by atoms with Gasteiger partial charge in [-0.15, -0.1) is 0 Å². The first-order valence-electron chi connectivity index (χ1n) is 7.63. The zero-order chi connectivity index (χ0) is 17.0. The first-order chi connectivity index (χ1) is 10.9. The number of anilines is 1. The van der Waals surface area contributed by atoms with Gasteiger partial charge >= 0.3 is 6.03 Å². The van der Waals surface area contributed by atoms with Gasteiger partial charge in [-0.25, -0.2) is 9.78 Å². The maximum Gasteiger partial charge on any atom is 0.321 e. The molecule has 2 N–H and O–H groups in total. The second-order valence-corrected chi connectivity index (χ2v) is 5.87. The summed E-state index contributed by atoms with van der Waals surface area (Å²) in [7, 11) is 1.64. The van der Waals surface area contributed by atoms with Crippen LogP contribution in [0.5, 0.6) is 0 Å². The largest absolute Gasteiger partial charge is 0.441 e. The lowest BCUT2D eigenvalue weighted by molar-refractivity contribution is 0.166. The van der Waals surface area contributed by atoms with Crippen molar-refractivity contribution in [2.45, 2.75) is 32.7 Å². The Labute approximate surface area is 136 Å². The van der Waals surface area contributed by atoms with Gasteiger partial charge in [-0.1, -0.05) is 13.8 Å². The third kappa shape index (κ3) is 4.10. The summed E-state index contributed by atoms with van der Waals surface area (Å²) in [6, 6.07) is 6.78. The van der Waals surface area contributed by atoms with Crippen LogP contribution < -0.4 is 5.32 Å². The molecular weight excluding hydrogens is 294 g/mol. The van der Waals surface area contributed by atoms with Crippen LogP contribution in [0, 0.1) is 0 Å². The average Bonchev–Trinajstić information content (AvgIpc) is 3.04. The number of aliphatic hydroxyl groups excluding tert-OH is 1. The number of hydrogen-bond donors (Lipinski definition) is 2. The van der Waals surface area contributed by atoms with Gasteiger partial charge in [-0.2, -0.15) is 0 Å². The highest BCUT2D eigenvalue weighted by atomic mass is 16.4.